The lowest BCUT2D eigenvalue weighted by Crippen LogP contribution is -2.44. The summed E-state index contributed by atoms with van der Waals surface area (Å²) in [5, 5.41) is 11.9. The Kier molecular flexibility index (Phi) is 4.35. The summed E-state index contributed by atoms with van der Waals surface area (Å²) < 4.78 is 6.74. The molecule has 0 radical (unpaired) electrons. The minimum Gasteiger partial charge on any atom is -0.458 e. The molecule has 2 aromatic heterocycles. The van der Waals surface area contributed by atoms with E-state index in [-0.39, 0.29) is 48.3 Å². The molecular weight excluding hydrogens is 410 g/mol. The first kappa shape index (κ1) is 20.2. The predicted octanol–water partition coefficient (Wildman–Crippen LogP) is 1.41. The molecule has 3 aromatic rings. The standard InChI is InChI=1S/C23H23N5O4/c1-3-23(31)15-8-17-19-13(9-28(17)20(29)14(15)10-32-21(23)30)18(11(2)26-22(24)25)12-6-4-5-7-16(12)27-19/h4-8,11,31H,3,9-10H2,1-2H3,(H4,24,25,26)/t11?,23-/m0/s1. The maximum Gasteiger partial charge on any atom is 0.343 e. The minimum absolute atomic E-state index is 0.0287. The highest BCUT2D eigenvalue weighted by atomic mass is 16.6. The van der Waals surface area contributed by atoms with E-state index in [1.165, 1.54) is 0 Å². The van der Waals surface area contributed by atoms with Gasteiger partial charge in [-0.15, -0.1) is 0 Å². The largest absolute Gasteiger partial charge is 0.458 e. The van der Waals surface area contributed by atoms with Gasteiger partial charge in [0.05, 0.1) is 35.1 Å². The number of nitrogens with two attached hydrogens (primary N) is 2. The number of hydrogen-bond donors (Lipinski definition) is 3. The van der Waals surface area contributed by atoms with E-state index in [9.17, 15) is 14.7 Å². The zero-order valence-corrected chi connectivity index (χ0v) is 17.8. The van der Waals surface area contributed by atoms with Crippen LogP contribution in [0.4, 0.5) is 0 Å². The van der Waals surface area contributed by atoms with Gasteiger partial charge in [0.1, 0.15) is 6.61 Å². The number of cyclic esters (lactones) is 1. The molecule has 2 aliphatic heterocycles. The second-order valence-electron chi connectivity index (χ2n) is 8.20. The third-order valence-corrected chi connectivity index (χ3v) is 6.40. The van der Waals surface area contributed by atoms with Crippen LogP contribution in [0.5, 0.6) is 0 Å². The fourth-order valence-corrected chi connectivity index (χ4v) is 4.83. The number of aliphatic hydroxyl groups is 1. The number of nitrogens with zero attached hydrogens (tertiary/aromatic N) is 3. The molecule has 1 aromatic carbocycles. The zero-order valence-electron chi connectivity index (χ0n) is 17.8. The van der Waals surface area contributed by atoms with Gasteiger partial charge in [0, 0.05) is 16.5 Å². The first-order chi connectivity index (χ1) is 15.3. The van der Waals surface area contributed by atoms with Crippen molar-refractivity contribution in [3.05, 3.63) is 62.9 Å². The number of ether oxygens (including phenoxy) is 1. The topological polar surface area (TPSA) is 146 Å². The molecule has 2 atom stereocenters. The van der Waals surface area contributed by atoms with Crippen LogP contribution < -0.4 is 17.0 Å². The normalized spacial score (nSPS) is 19.7. The van der Waals surface area contributed by atoms with Crippen molar-refractivity contribution in [1.29, 1.82) is 0 Å². The maximum atomic E-state index is 13.4. The Hall–Kier alpha value is -3.72. The number of carbonyl (C=O) groups excluding carboxylic acids is 1. The molecule has 5 N–H and O–H groups in total. The fourth-order valence-electron chi connectivity index (χ4n) is 4.83. The summed E-state index contributed by atoms with van der Waals surface area (Å²) in [4.78, 5) is 34.9. The lowest BCUT2D eigenvalue weighted by atomic mass is 9.86. The number of para-hydroxylation sites is 1. The molecule has 32 heavy (non-hydrogen) atoms. The number of aliphatic imine (C=N–C) groups is 1. The van der Waals surface area contributed by atoms with E-state index in [2.05, 4.69) is 4.99 Å². The number of pyridine rings is 2. The van der Waals surface area contributed by atoms with Crippen molar-refractivity contribution in [1.82, 2.24) is 9.55 Å². The molecule has 9 heteroatoms. The Morgan fingerprint density at radius 3 is 2.78 bits per heavy atom. The summed E-state index contributed by atoms with van der Waals surface area (Å²) in [5.41, 5.74) is 13.3. The van der Waals surface area contributed by atoms with Gasteiger partial charge in [-0.2, -0.15) is 0 Å². The molecule has 0 fully saturated rings. The van der Waals surface area contributed by atoms with E-state index in [4.69, 9.17) is 21.2 Å². The van der Waals surface area contributed by atoms with E-state index in [1.54, 1.807) is 17.6 Å². The van der Waals surface area contributed by atoms with Crippen LogP contribution in [-0.4, -0.2) is 26.6 Å². The Balaban J connectivity index is 1.83. The van der Waals surface area contributed by atoms with Crippen LogP contribution in [0.2, 0.25) is 0 Å². The molecule has 4 heterocycles. The maximum absolute atomic E-state index is 13.4. The molecule has 164 valence electrons. The Morgan fingerprint density at radius 1 is 1.31 bits per heavy atom. The average Bonchev–Trinajstić information content (AvgIpc) is 3.13. The van der Waals surface area contributed by atoms with E-state index < -0.39 is 11.6 Å². The highest BCUT2D eigenvalue weighted by Crippen LogP contribution is 2.42. The zero-order chi connectivity index (χ0) is 22.8. The minimum atomic E-state index is -1.86. The molecule has 0 saturated heterocycles. The van der Waals surface area contributed by atoms with Crippen molar-refractivity contribution in [3.8, 4) is 11.4 Å². The summed E-state index contributed by atoms with van der Waals surface area (Å²) >= 11 is 0. The monoisotopic (exact) mass is 433 g/mol. The van der Waals surface area contributed by atoms with Crippen LogP contribution >= 0.6 is 0 Å². The van der Waals surface area contributed by atoms with Gasteiger partial charge < -0.3 is 25.9 Å². The molecule has 5 rings (SSSR count). The van der Waals surface area contributed by atoms with Crippen LogP contribution in [-0.2, 0) is 28.3 Å². The number of carbonyl (C=O) groups is 1. The van der Waals surface area contributed by atoms with Gasteiger partial charge in [-0.25, -0.2) is 14.8 Å². The number of esters is 1. The number of rotatable bonds is 3. The summed E-state index contributed by atoms with van der Waals surface area (Å²) in [6.07, 6.45) is 0.0898. The van der Waals surface area contributed by atoms with Crippen molar-refractivity contribution < 1.29 is 14.6 Å². The van der Waals surface area contributed by atoms with E-state index in [1.807, 2.05) is 31.2 Å². The number of benzene rings is 1. The molecule has 0 saturated carbocycles. The summed E-state index contributed by atoms with van der Waals surface area (Å²) in [6, 6.07) is 8.98. The molecule has 1 unspecified atom stereocenters. The van der Waals surface area contributed by atoms with E-state index in [0.29, 0.717) is 11.4 Å². The predicted molar refractivity (Wildman–Crippen MR) is 119 cm³/mol. The van der Waals surface area contributed by atoms with Crippen LogP contribution in [0.15, 0.2) is 40.1 Å². The van der Waals surface area contributed by atoms with Crippen LogP contribution in [0.3, 0.4) is 0 Å². The average molecular weight is 433 g/mol. The van der Waals surface area contributed by atoms with Crippen molar-refractivity contribution >= 4 is 22.8 Å². The Bertz CT molecular complexity index is 1390. The van der Waals surface area contributed by atoms with E-state index in [0.717, 1.165) is 22.0 Å². The fraction of sp³-hybridized carbons (Fsp3) is 0.304. The van der Waals surface area contributed by atoms with Crippen molar-refractivity contribution in [2.75, 3.05) is 0 Å². The van der Waals surface area contributed by atoms with Gasteiger partial charge in [-0.1, -0.05) is 25.1 Å². The molecule has 0 aliphatic carbocycles. The van der Waals surface area contributed by atoms with Gasteiger partial charge in [-0.05, 0) is 31.0 Å². The van der Waals surface area contributed by atoms with Gasteiger partial charge in [0.2, 0.25) is 0 Å². The molecule has 0 amide bonds. The number of guanidine groups is 1. The molecular formula is C23H23N5O4. The molecule has 9 nitrogen and oxygen atoms in total. The third-order valence-electron chi connectivity index (χ3n) is 6.40. The van der Waals surface area contributed by atoms with Crippen LogP contribution in [0.1, 0.15) is 48.6 Å². The quantitative estimate of drug-likeness (QED) is 0.251. The first-order valence-corrected chi connectivity index (χ1v) is 10.4. The first-order valence-electron chi connectivity index (χ1n) is 10.4. The molecule has 0 spiro atoms. The SMILES string of the molecule is CC[C@@]1(O)C(=O)OCc2c1cc1n(c2=O)Cc2c-1nc1ccccc1c2C(C)N=C(N)N. The molecule has 2 aliphatic rings. The second kappa shape index (κ2) is 6.89. The summed E-state index contributed by atoms with van der Waals surface area (Å²) in [7, 11) is 0. The van der Waals surface area contributed by atoms with Gasteiger partial charge >= 0.3 is 5.97 Å². The van der Waals surface area contributed by atoms with Crippen LogP contribution in [0.25, 0.3) is 22.3 Å². The van der Waals surface area contributed by atoms with E-state index >= 15 is 0 Å². The lowest BCUT2D eigenvalue weighted by molar-refractivity contribution is -0.172. The number of aromatic nitrogens is 2. The van der Waals surface area contributed by atoms with Crippen molar-refractivity contribution in [2.45, 2.75) is 45.1 Å². The van der Waals surface area contributed by atoms with Crippen LogP contribution in [0, 0.1) is 0 Å². The Labute approximate surface area is 183 Å². The van der Waals surface area contributed by atoms with Gasteiger partial charge in [0.25, 0.3) is 5.56 Å². The van der Waals surface area contributed by atoms with Crippen molar-refractivity contribution in [2.24, 2.45) is 16.5 Å². The highest BCUT2D eigenvalue weighted by Gasteiger charge is 2.45. The highest BCUT2D eigenvalue weighted by molar-refractivity contribution is 5.90. The second-order valence-corrected chi connectivity index (χ2v) is 8.20. The molecule has 0 bridgehead atoms. The van der Waals surface area contributed by atoms with Gasteiger partial charge in [-0.3, -0.25) is 4.79 Å². The number of fused-ring (bicyclic) bond motifs is 5. The summed E-state index contributed by atoms with van der Waals surface area (Å²) in [6.45, 7) is 3.68. The van der Waals surface area contributed by atoms with Gasteiger partial charge in [0.15, 0.2) is 11.6 Å². The van der Waals surface area contributed by atoms with Crippen molar-refractivity contribution in [3.63, 3.8) is 0 Å². The lowest BCUT2D eigenvalue weighted by Gasteiger charge is -2.31. The summed E-state index contributed by atoms with van der Waals surface area (Å²) in [5.74, 6) is -0.775. The number of hydrogen-bond acceptors (Lipinski definition) is 6. The smallest absolute Gasteiger partial charge is 0.343 e. The Morgan fingerprint density at radius 2 is 2.06 bits per heavy atom. The third kappa shape index (κ3) is 2.67.